The molecule has 1 N–H and O–H groups in total. The number of hydrogen-bond donors (Lipinski definition) is 1. The standard InChI is InChI=1S/C19H17O3P/c20-23(21-18-14-8-3-9-15-18)22-19(16-10-4-1-5-11-16)17-12-6-2-7-13-17/h1-15,19-20H. The Morgan fingerprint density at radius 3 is 1.57 bits per heavy atom. The number of para-hydroxylation sites is 1. The largest absolute Gasteiger partial charge is 0.427 e. The molecule has 0 aliphatic heterocycles. The molecule has 0 spiro atoms. The highest BCUT2D eigenvalue weighted by molar-refractivity contribution is 7.41. The SMILES string of the molecule is OP(Oc1ccccc1)OC(c1ccccc1)c1ccccc1. The van der Waals surface area contributed by atoms with E-state index < -0.39 is 8.60 Å². The third-order valence-corrected chi connectivity index (χ3v) is 4.09. The summed E-state index contributed by atoms with van der Waals surface area (Å²) in [6.45, 7) is 0. The van der Waals surface area contributed by atoms with Gasteiger partial charge in [-0.2, -0.15) is 0 Å². The van der Waals surface area contributed by atoms with Crippen molar-refractivity contribution in [2.45, 2.75) is 6.10 Å². The second kappa shape index (κ2) is 7.89. The van der Waals surface area contributed by atoms with Gasteiger partial charge in [0.05, 0.1) is 0 Å². The van der Waals surface area contributed by atoms with Gasteiger partial charge in [-0.3, -0.25) is 4.52 Å². The molecule has 23 heavy (non-hydrogen) atoms. The Balaban J connectivity index is 1.79. The summed E-state index contributed by atoms with van der Waals surface area (Å²) in [6.07, 6.45) is -0.378. The fraction of sp³-hybridized carbons (Fsp3) is 0.0526. The minimum absolute atomic E-state index is 0.378. The van der Waals surface area contributed by atoms with Crippen molar-refractivity contribution < 1.29 is 13.9 Å². The number of rotatable bonds is 6. The molecule has 0 aromatic heterocycles. The van der Waals surface area contributed by atoms with Crippen LogP contribution >= 0.6 is 8.60 Å². The molecule has 1 unspecified atom stereocenters. The first-order valence-corrected chi connectivity index (χ1v) is 8.44. The van der Waals surface area contributed by atoms with E-state index in [1.165, 1.54) is 0 Å². The highest BCUT2D eigenvalue weighted by Crippen LogP contribution is 2.42. The first-order valence-electron chi connectivity index (χ1n) is 7.31. The van der Waals surface area contributed by atoms with E-state index in [0.29, 0.717) is 5.75 Å². The molecule has 0 aliphatic rings. The Morgan fingerprint density at radius 2 is 1.09 bits per heavy atom. The lowest BCUT2D eigenvalue weighted by atomic mass is 10.0. The van der Waals surface area contributed by atoms with Crippen molar-refractivity contribution >= 4 is 8.60 Å². The fourth-order valence-corrected chi connectivity index (χ4v) is 3.02. The van der Waals surface area contributed by atoms with E-state index in [9.17, 15) is 4.89 Å². The van der Waals surface area contributed by atoms with Gasteiger partial charge in [-0.05, 0) is 23.3 Å². The predicted molar refractivity (Wildman–Crippen MR) is 92.0 cm³/mol. The third kappa shape index (κ3) is 4.40. The second-order valence-electron chi connectivity index (χ2n) is 4.95. The number of hydrogen-bond acceptors (Lipinski definition) is 3. The molecule has 116 valence electrons. The lowest BCUT2D eigenvalue weighted by Gasteiger charge is -2.21. The Hall–Kier alpha value is -2.19. The molecule has 0 radical (unpaired) electrons. The van der Waals surface area contributed by atoms with Crippen LogP contribution in [0.15, 0.2) is 91.0 Å². The highest BCUT2D eigenvalue weighted by Gasteiger charge is 2.21. The summed E-state index contributed by atoms with van der Waals surface area (Å²) in [4.78, 5) is 10.2. The van der Waals surface area contributed by atoms with Crippen LogP contribution in [0.5, 0.6) is 5.75 Å². The van der Waals surface area contributed by atoms with Crippen molar-refractivity contribution in [1.82, 2.24) is 0 Å². The summed E-state index contributed by atoms with van der Waals surface area (Å²) in [6, 6.07) is 28.8. The van der Waals surface area contributed by atoms with Crippen molar-refractivity contribution in [2.24, 2.45) is 0 Å². The smallest absolute Gasteiger partial charge is 0.395 e. The maximum atomic E-state index is 10.2. The molecular formula is C19H17O3P. The summed E-state index contributed by atoms with van der Waals surface area (Å²) in [5, 5.41) is 0. The first-order chi connectivity index (χ1) is 11.3. The van der Waals surface area contributed by atoms with Gasteiger partial charge in [0.1, 0.15) is 11.9 Å². The van der Waals surface area contributed by atoms with Crippen LogP contribution in [0.4, 0.5) is 0 Å². The van der Waals surface area contributed by atoms with Crippen molar-refractivity contribution in [2.75, 3.05) is 0 Å². The van der Waals surface area contributed by atoms with Gasteiger partial charge in [0, 0.05) is 0 Å². The summed E-state index contributed by atoms with van der Waals surface area (Å²) >= 11 is 0. The zero-order chi connectivity index (χ0) is 15.9. The molecule has 0 amide bonds. The van der Waals surface area contributed by atoms with Crippen LogP contribution in [0.25, 0.3) is 0 Å². The van der Waals surface area contributed by atoms with E-state index in [1.54, 1.807) is 12.1 Å². The quantitative estimate of drug-likeness (QED) is 0.642. The van der Waals surface area contributed by atoms with Crippen LogP contribution in [0.1, 0.15) is 17.2 Å². The van der Waals surface area contributed by atoms with Gasteiger partial charge < -0.3 is 9.42 Å². The zero-order valence-corrected chi connectivity index (χ0v) is 13.3. The van der Waals surface area contributed by atoms with Gasteiger partial charge in [-0.25, -0.2) is 0 Å². The van der Waals surface area contributed by atoms with Crippen molar-refractivity contribution in [1.29, 1.82) is 0 Å². The predicted octanol–water partition coefficient (Wildman–Crippen LogP) is 5.09. The lowest BCUT2D eigenvalue weighted by Crippen LogP contribution is -2.05. The summed E-state index contributed by atoms with van der Waals surface area (Å²) in [5.41, 5.74) is 1.94. The Morgan fingerprint density at radius 1 is 0.652 bits per heavy atom. The molecule has 3 nitrogen and oxygen atoms in total. The Kier molecular flexibility index (Phi) is 5.38. The average Bonchev–Trinajstić information content (AvgIpc) is 2.62. The molecule has 4 heteroatoms. The van der Waals surface area contributed by atoms with Crippen LogP contribution < -0.4 is 4.52 Å². The second-order valence-corrected chi connectivity index (χ2v) is 5.82. The van der Waals surface area contributed by atoms with Crippen LogP contribution in [0, 0.1) is 0 Å². The van der Waals surface area contributed by atoms with Gasteiger partial charge in [-0.15, -0.1) is 0 Å². The molecule has 1 atom stereocenters. The Bertz CT molecular complexity index is 665. The fourth-order valence-electron chi connectivity index (χ4n) is 2.25. The molecule has 3 aromatic rings. The van der Waals surface area contributed by atoms with Gasteiger partial charge in [-0.1, -0.05) is 78.9 Å². The number of benzene rings is 3. The van der Waals surface area contributed by atoms with Gasteiger partial charge in [0.15, 0.2) is 0 Å². The summed E-state index contributed by atoms with van der Waals surface area (Å²) < 4.78 is 11.3. The van der Waals surface area contributed by atoms with Gasteiger partial charge in [0.2, 0.25) is 0 Å². The normalized spacial score (nSPS) is 12.1. The van der Waals surface area contributed by atoms with Gasteiger partial charge >= 0.3 is 8.60 Å². The highest BCUT2D eigenvalue weighted by atomic mass is 31.2. The molecule has 0 aliphatic carbocycles. The molecule has 0 heterocycles. The molecule has 3 rings (SSSR count). The molecule has 0 fully saturated rings. The van der Waals surface area contributed by atoms with Crippen molar-refractivity contribution in [3.8, 4) is 5.75 Å². The first kappa shape index (κ1) is 15.7. The van der Waals surface area contributed by atoms with E-state index >= 15 is 0 Å². The maximum absolute atomic E-state index is 10.2. The summed E-state index contributed by atoms with van der Waals surface area (Å²) in [7, 11) is -2.04. The van der Waals surface area contributed by atoms with E-state index in [0.717, 1.165) is 11.1 Å². The lowest BCUT2D eigenvalue weighted by molar-refractivity contribution is 0.208. The molecule has 0 bridgehead atoms. The molecule has 0 saturated heterocycles. The zero-order valence-electron chi connectivity index (χ0n) is 12.4. The average molecular weight is 324 g/mol. The molecule has 3 aromatic carbocycles. The van der Waals surface area contributed by atoms with E-state index in [1.807, 2.05) is 78.9 Å². The van der Waals surface area contributed by atoms with E-state index in [4.69, 9.17) is 9.05 Å². The monoisotopic (exact) mass is 324 g/mol. The van der Waals surface area contributed by atoms with Crippen molar-refractivity contribution in [3.63, 3.8) is 0 Å². The van der Waals surface area contributed by atoms with E-state index in [2.05, 4.69) is 0 Å². The van der Waals surface area contributed by atoms with Crippen molar-refractivity contribution in [3.05, 3.63) is 102 Å². The minimum Gasteiger partial charge on any atom is -0.427 e. The molecule has 0 saturated carbocycles. The van der Waals surface area contributed by atoms with Crippen LogP contribution in [0.2, 0.25) is 0 Å². The topological polar surface area (TPSA) is 38.7 Å². The molecular weight excluding hydrogens is 307 g/mol. The minimum atomic E-state index is -2.04. The van der Waals surface area contributed by atoms with Crippen LogP contribution in [-0.4, -0.2) is 4.89 Å². The third-order valence-electron chi connectivity index (χ3n) is 3.33. The Labute approximate surface area is 137 Å². The van der Waals surface area contributed by atoms with Gasteiger partial charge in [0.25, 0.3) is 0 Å². The summed E-state index contributed by atoms with van der Waals surface area (Å²) in [5.74, 6) is 0.584. The van der Waals surface area contributed by atoms with Crippen LogP contribution in [-0.2, 0) is 4.52 Å². The maximum Gasteiger partial charge on any atom is 0.395 e. The van der Waals surface area contributed by atoms with Crippen LogP contribution in [0.3, 0.4) is 0 Å². The van der Waals surface area contributed by atoms with E-state index in [-0.39, 0.29) is 6.10 Å².